The predicted molar refractivity (Wildman–Crippen MR) is 96.7 cm³/mol. The molecule has 2 aromatic carbocycles. The Morgan fingerprint density at radius 2 is 2.00 bits per heavy atom. The molecule has 3 rings (SSSR count). The van der Waals surface area contributed by atoms with Crippen LogP contribution < -0.4 is 4.74 Å². The van der Waals surface area contributed by atoms with Crippen LogP contribution in [0.25, 0.3) is 0 Å². The van der Waals surface area contributed by atoms with Gasteiger partial charge in [-0.2, -0.15) is 0 Å². The number of rotatable bonds is 3. The second-order valence-corrected chi connectivity index (χ2v) is 6.70. The molecule has 1 aliphatic heterocycles. The van der Waals surface area contributed by atoms with Crippen molar-refractivity contribution in [3.8, 4) is 5.75 Å². The summed E-state index contributed by atoms with van der Waals surface area (Å²) in [5.41, 5.74) is 3.14. The van der Waals surface area contributed by atoms with E-state index in [1.165, 1.54) is 12.5 Å². The normalized spacial score (nSPS) is 16.3. The zero-order chi connectivity index (χ0) is 18.0. The van der Waals surface area contributed by atoms with Gasteiger partial charge >= 0.3 is 5.97 Å². The highest BCUT2D eigenvalue weighted by Crippen LogP contribution is 2.33. The van der Waals surface area contributed by atoms with E-state index in [1.807, 2.05) is 37.3 Å². The molecule has 0 saturated heterocycles. The minimum absolute atomic E-state index is 0.0408. The molecule has 4 nitrogen and oxygen atoms in total. The summed E-state index contributed by atoms with van der Waals surface area (Å²) in [6, 6.07) is 12.9. The number of ether oxygens (including phenoxy) is 1. The Labute approximate surface area is 152 Å². The predicted octanol–water partition coefficient (Wildman–Crippen LogP) is 4.09. The van der Waals surface area contributed by atoms with Crippen LogP contribution in [0.3, 0.4) is 0 Å². The van der Waals surface area contributed by atoms with Crippen molar-refractivity contribution < 1.29 is 14.3 Å². The first-order valence-corrected chi connectivity index (χ1v) is 8.65. The van der Waals surface area contributed by atoms with Gasteiger partial charge in [0.2, 0.25) is 5.91 Å². The first-order valence-electron chi connectivity index (χ1n) is 8.27. The highest BCUT2D eigenvalue weighted by molar-refractivity contribution is 6.32. The summed E-state index contributed by atoms with van der Waals surface area (Å²) in [5, 5.41) is 0.395. The monoisotopic (exact) mass is 357 g/mol. The SMILES string of the molecule is CC(=O)N1CCc2ccccc2C1CC(=O)Oc1cc(C)ccc1Cl. The third kappa shape index (κ3) is 3.85. The smallest absolute Gasteiger partial charge is 0.313 e. The van der Waals surface area contributed by atoms with E-state index in [0.717, 1.165) is 17.5 Å². The lowest BCUT2D eigenvalue weighted by Crippen LogP contribution is -2.40. The van der Waals surface area contributed by atoms with Gasteiger partial charge < -0.3 is 9.64 Å². The van der Waals surface area contributed by atoms with Gasteiger partial charge in [-0.1, -0.05) is 41.9 Å². The zero-order valence-electron chi connectivity index (χ0n) is 14.3. The van der Waals surface area contributed by atoms with Crippen LogP contribution in [0.2, 0.25) is 5.02 Å². The number of hydrogen-bond donors (Lipinski definition) is 0. The molecule has 0 radical (unpaired) electrons. The molecule has 2 aromatic rings. The summed E-state index contributed by atoms with van der Waals surface area (Å²) in [5.74, 6) is -0.0912. The lowest BCUT2D eigenvalue weighted by Gasteiger charge is -2.36. The van der Waals surface area contributed by atoms with Gasteiger partial charge in [0.15, 0.2) is 0 Å². The molecule has 130 valence electrons. The Hall–Kier alpha value is -2.33. The quantitative estimate of drug-likeness (QED) is 0.614. The molecule has 5 heteroatoms. The molecule has 1 unspecified atom stereocenters. The van der Waals surface area contributed by atoms with E-state index in [1.54, 1.807) is 17.0 Å². The van der Waals surface area contributed by atoms with E-state index < -0.39 is 5.97 Å². The van der Waals surface area contributed by atoms with Crippen LogP contribution in [0, 0.1) is 6.92 Å². The van der Waals surface area contributed by atoms with Gasteiger partial charge in [-0.15, -0.1) is 0 Å². The molecule has 0 N–H and O–H groups in total. The number of aryl methyl sites for hydroxylation is 1. The van der Waals surface area contributed by atoms with E-state index in [-0.39, 0.29) is 18.4 Å². The van der Waals surface area contributed by atoms with E-state index in [0.29, 0.717) is 17.3 Å². The van der Waals surface area contributed by atoms with E-state index in [4.69, 9.17) is 16.3 Å². The Bertz CT molecular complexity index is 818. The fraction of sp³-hybridized carbons (Fsp3) is 0.300. The van der Waals surface area contributed by atoms with Crippen molar-refractivity contribution in [2.75, 3.05) is 6.54 Å². The van der Waals surface area contributed by atoms with Crippen LogP contribution in [0.4, 0.5) is 0 Å². The molecular weight excluding hydrogens is 338 g/mol. The number of carbonyl (C=O) groups excluding carboxylic acids is 2. The molecule has 25 heavy (non-hydrogen) atoms. The average molecular weight is 358 g/mol. The molecule has 1 heterocycles. The van der Waals surface area contributed by atoms with Gasteiger partial charge in [-0.3, -0.25) is 9.59 Å². The number of hydrogen-bond acceptors (Lipinski definition) is 3. The lowest BCUT2D eigenvalue weighted by atomic mass is 9.90. The van der Waals surface area contributed by atoms with E-state index in [2.05, 4.69) is 0 Å². The van der Waals surface area contributed by atoms with Gasteiger partial charge in [-0.05, 0) is 42.2 Å². The highest BCUT2D eigenvalue weighted by atomic mass is 35.5. The van der Waals surface area contributed by atoms with Crippen molar-refractivity contribution in [3.63, 3.8) is 0 Å². The number of carbonyl (C=O) groups is 2. The second-order valence-electron chi connectivity index (χ2n) is 6.29. The van der Waals surface area contributed by atoms with Crippen LogP contribution in [-0.4, -0.2) is 23.3 Å². The van der Waals surface area contributed by atoms with Gasteiger partial charge in [0.1, 0.15) is 5.75 Å². The number of benzene rings is 2. The maximum Gasteiger partial charge on any atom is 0.313 e. The van der Waals surface area contributed by atoms with Gasteiger partial charge in [0, 0.05) is 13.5 Å². The first kappa shape index (κ1) is 17.5. The Morgan fingerprint density at radius 1 is 1.24 bits per heavy atom. The molecule has 0 saturated carbocycles. The molecule has 1 atom stereocenters. The molecule has 0 aromatic heterocycles. The fourth-order valence-corrected chi connectivity index (χ4v) is 3.42. The lowest BCUT2D eigenvalue weighted by molar-refractivity contribution is -0.138. The number of halogens is 1. The van der Waals surface area contributed by atoms with Crippen LogP contribution in [0.15, 0.2) is 42.5 Å². The topological polar surface area (TPSA) is 46.6 Å². The first-order chi connectivity index (χ1) is 12.0. The molecule has 0 aliphatic carbocycles. The van der Waals surface area contributed by atoms with Crippen LogP contribution in [-0.2, 0) is 16.0 Å². The summed E-state index contributed by atoms with van der Waals surface area (Å²) in [4.78, 5) is 26.3. The summed E-state index contributed by atoms with van der Waals surface area (Å²) in [6.07, 6.45) is 0.895. The maximum absolute atomic E-state index is 12.5. The van der Waals surface area contributed by atoms with Crippen molar-refractivity contribution in [3.05, 3.63) is 64.2 Å². The fourth-order valence-electron chi connectivity index (χ4n) is 3.26. The van der Waals surface area contributed by atoms with Crippen molar-refractivity contribution in [1.29, 1.82) is 0 Å². The van der Waals surface area contributed by atoms with Crippen LogP contribution >= 0.6 is 11.6 Å². The van der Waals surface area contributed by atoms with Crippen LogP contribution in [0.1, 0.15) is 36.1 Å². The van der Waals surface area contributed by atoms with E-state index in [9.17, 15) is 9.59 Å². The minimum Gasteiger partial charge on any atom is -0.425 e. The van der Waals surface area contributed by atoms with Crippen molar-refractivity contribution >= 4 is 23.5 Å². The van der Waals surface area contributed by atoms with Crippen molar-refractivity contribution in [2.24, 2.45) is 0 Å². The largest absolute Gasteiger partial charge is 0.425 e. The molecule has 1 amide bonds. The summed E-state index contributed by atoms with van der Waals surface area (Å²) in [7, 11) is 0. The summed E-state index contributed by atoms with van der Waals surface area (Å²) < 4.78 is 5.46. The summed E-state index contributed by atoms with van der Waals surface area (Å²) >= 11 is 6.10. The van der Waals surface area contributed by atoms with Gasteiger partial charge in [0.05, 0.1) is 17.5 Å². The third-order valence-electron chi connectivity index (χ3n) is 4.49. The third-order valence-corrected chi connectivity index (χ3v) is 4.80. The number of fused-ring (bicyclic) bond motifs is 1. The van der Waals surface area contributed by atoms with Gasteiger partial charge in [0.25, 0.3) is 0 Å². The van der Waals surface area contributed by atoms with Gasteiger partial charge in [-0.25, -0.2) is 0 Å². The molecule has 0 spiro atoms. The number of esters is 1. The minimum atomic E-state index is -0.402. The summed E-state index contributed by atoms with van der Waals surface area (Å²) in [6.45, 7) is 4.04. The molecule has 0 bridgehead atoms. The Balaban J connectivity index is 1.82. The van der Waals surface area contributed by atoms with Crippen molar-refractivity contribution in [1.82, 2.24) is 4.90 Å². The standard InChI is InChI=1S/C20H20ClNO3/c1-13-7-8-17(21)19(11-13)25-20(24)12-18-16-6-4-3-5-15(16)9-10-22(18)14(2)23/h3-8,11,18H,9-10,12H2,1-2H3. The average Bonchev–Trinajstić information content (AvgIpc) is 2.58. The van der Waals surface area contributed by atoms with E-state index >= 15 is 0 Å². The highest BCUT2D eigenvalue weighted by Gasteiger charge is 2.31. The Morgan fingerprint density at radius 3 is 2.76 bits per heavy atom. The molecule has 1 aliphatic rings. The van der Waals surface area contributed by atoms with Crippen molar-refractivity contribution in [2.45, 2.75) is 32.7 Å². The maximum atomic E-state index is 12.5. The van der Waals surface area contributed by atoms with Crippen LogP contribution in [0.5, 0.6) is 5.75 Å². The number of nitrogens with zero attached hydrogens (tertiary/aromatic N) is 1. The molecular formula is C20H20ClNO3. The zero-order valence-corrected chi connectivity index (χ0v) is 15.0. The Kier molecular flexibility index (Phi) is 5.09. The number of amides is 1. The molecule has 0 fully saturated rings. The second kappa shape index (κ2) is 7.28.